The summed E-state index contributed by atoms with van der Waals surface area (Å²) in [5.41, 5.74) is 1.32. The molecule has 1 aromatic rings. The maximum Gasteiger partial charge on any atom is 0 e. The topological polar surface area (TPSA) is 0 Å². The number of halogens is 2. The first-order chi connectivity index (χ1) is 3.39. The van der Waals surface area contributed by atoms with Crippen molar-refractivity contribution in [2.45, 2.75) is 6.92 Å². The maximum atomic E-state index is 2.08. The Morgan fingerprint density at radius 2 is 1.30 bits per heavy atom. The van der Waals surface area contributed by atoms with Crippen molar-refractivity contribution in [3.8, 4) is 0 Å². The molecule has 0 unspecified atom stereocenters. The molecule has 0 aromatic heterocycles. The fraction of sp³-hybridized carbons (Fsp3) is 0.143. The SMILES string of the molecule is Cc1ccccc1.I.I.[Os]. The molecule has 0 aliphatic heterocycles. The predicted molar refractivity (Wildman–Crippen MR) is 62.0 cm³/mol. The number of hydrogen-bond donors (Lipinski definition) is 0. The minimum atomic E-state index is 0. The van der Waals surface area contributed by atoms with E-state index in [2.05, 4.69) is 19.1 Å². The van der Waals surface area contributed by atoms with Crippen LogP contribution >= 0.6 is 48.0 Å². The van der Waals surface area contributed by atoms with Crippen molar-refractivity contribution < 1.29 is 19.8 Å². The van der Waals surface area contributed by atoms with E-state index in [0.717, 1.165) is 0 Å². The second-order valence-corrected chi connectivity index (χ2v) is 1.65. The van der Waals surface area contributed by atoms with Gasteiger partial charge in [0.2, 0.25) is 0 Å². The van der Waals surface area contributed by atoms with Gasteiger partial charge in [-0.15, -0.1) is 48.0 Å². The molecule has 0 saturated carbocycles. The van der Waals surface area contributed by atoms with E-state index in [1.165, 1.54) is 5.56 Å². The van der Waals surface area contributed by atoms with E-state index in [9.17, 15) is 0 Å². The summed E-state index contributed by atoms with van der Waals surface area (Å²) in [6, 6.07) is 10.3. The Morgan fingerprint density at radius 3 is 1.50 bits per heavy atom. The third-order valence-electron chi connectivity index (χ3n) is 0.940. The summed E-state index contributed by atoms with van der Waals surface area (Å²) in [4.78, 5) is 0. The Hall–Kier alpha value is 1.32. The van der Waals surface area contributed by atoms with Crippen LogP contribution in [0.15, 0.2) is 30.3 Å². The second-order valence-electron chi connectivity index (χ2n) is 1.65. The van der Waals surface area contributed by atoms with Crippen LogP contribution < -0.4 is 0 Å². The van der Waals surface area contributed by atoms with E-state index in [-0.39, 0.29) is 67.7 Å². The second kappa shape index (κ2) is 10.3. The van der Waals surface area contributed by atoms with Crippen molar-refractivity contribution in [1.82, 2.24) is 0 Å². The van der Waals surface area contributed by atoms with E-state index in [0.29, 0.717) is 0 Å². The first-order valence-electron chi connectivity index (χ1n) is 2.41. The summed E-state index contributed by atoms with van der Waals surface area (Å²) < 4.78 is 0. The van der Waals surface area contributed by atoms with Gasteiger partial charge in [-0.1, -0.05) is 35.9 Å². The minimum Gasteiger partial charge on any atom is -0.107 e. The van der Waals surface area contributed by atoms with Crippen molar-refractivity contribution in [3.05, 3.63) is 35.9 Å². The van der Waals surface area contributed by atoms with Crippen molar-refractivity contribution >= 4 is 48.0 Å². The van der Waals surface area contributed by atoms with Gasteiger partial charge in [-0.05, 0) is 6.92 Å². The van der Waals surface area contributed by atoms with Crippen LogP contribution in [-0.2, 0) is 19.8 Å². The first-order valence-corrected chi connectivity index (χ1v) is 2.41. The van der Waals surface area contributed by atoms with E-state index in [4.69, 9.17) is 0 Å². The molecule has 60 valence electrons. The van der Waals surface area contributed by atoms with Gasteiger partial charge in [-0.2, -0.15) is 0 Å². The molecule has 0 nitrogen and oxygen atoms in total. The van der Waals surface area contributed by atoms with Crippen molar-refractivity contribution in [2.24, 2.45) is 0 Å². The van der Waals surface area contributed by atoms with Crippen LogP contribution in [0.2, 0.25) is 0 Å². The molecule has 10 heavy (non-hydrogen) atoms. The largest absolute Gasteiger partial charge is 0.107 e. The van der Waals surface area contributed by atoms with Crippen LogP contribution in [0.4, 0.5) is 0 Å². The van der Waals surface area contributed by atoms with E-state index >= 15 is 0 Å². The third kappa shape index (κ3) is 7.42. The van der Waals surface area contributed by atoms with Gasteiger partial charge in [-0.25, -0.2) is 0 Å². The summed E-state index contributed by atoms with van der Waals surface area (Å²) in [6.45, 7) is 2.08. The van der Waals surface area contributed by atoms with Crippen LogP contribution in [-0.4, -0.2) is 0 Å². The molecule has 0 heterocycles. The fourth-order valence-corrected chi connectivity index (χ4v) is 0.534. The Kier molecular flexibility index (Phi) is 18.0. The number of benzene rings is 1. The van der Waals surface area contributed by atoms with Gasteiger partial charge in [0.15, 0.2) is 0 Å². The van der Waals surface area contributed by atoms with E-state index in [1.807, 2.05) is 18.2 Å². The predicted octanol–water partition coefficient (Wildman–Crippen LogP) is 3.23. The molecule has 0 bridgehead atoms. The molecule has 0 atom stereocenters. The van der Waals surface area contributed by atoms with E-state index < -0.39 is 0 Å². The molecule has 0 radical (unpaired) electrons. The standard InChI is InChI=1S/C7H8.2HI.Os/c1-7-5-3-2-4-6-7;;;/h2-6H,1H3;2*1H;. The third-order valence-corrected chi connectivity index (χ3v) is 0.940. The molecule has 0 amide bonds. The fourth-order valence-electron chi connectivity index (χ4n) is 0.534. The summed E-state index contributed by atoms with van der Waals surface area (Å²) in [7, 11) is 0. The Bertz CT molecular complexity index is 142. The van der Waals surface area contributed by atoms with Gasteiger partial charge >= 0.3 is 0 Å². The van der Waals surface area contributed by atoms with Gasteiger partial charge in [0.25, 0.3) is 0 Å². The smallest absolute Gasteiger partial charge is 0 e. The number of rotatable bonds is 0. The zero-order valence-corrected chi connectivity index (χ0v) is 12.8. The van der Waals surface area contributed by atoms with Crippen LogP contribution in [0.25, 0.3) is 0 Å². The van der Waals surface area contributed by atoms with Crippen LogP contribution in [0.1, 0.15) is 5.56 Å². The average molecular weight is 538 g/mol. The molecule has 0 saturated heterocycles. The summed E-state index contributed by atoms with van der Waals surface area (Å²) >= 11 is 0. The molecule has 0 spiro atoms. The minimum absolute atomic E-state index is 0. The van der Waals surface area contributed by atoms with Gasteiger partial charge in [-0.3, -0.25) is 0 Å². The molecular formula is C7H10I2Os. The van der Waals surface area contributed by atoms with Crippen molar-refractivity contribution in [1.29, 1.82) is 0 Å². The van der Waals surface area contributed by atoms with Crippen molar-refractivity contribution in [3.63, 3.8) is 0 Å². The Balaban J connectivity index is -0.000000163. The molecular weight excluding hydrogens is 528 g/mol. The van der Waals surface area contributed by atoms with Gasteiger partial charge in [0, 0.05) is 19.8 Å². The van der Waals surface area contributed by atoms with Crippen LogP contribution in [0, 0.1) is 6.92 Å². The molecule has 0 aliphatic rings. The monoisotopic (exact) mass is 540 g/mol. The average Bonchev–Trinajstić information content (AvgIpc) is 1.69. The quantitative estimate of drug-likeness (QED) is 0.446. The molecule has 0 N–H and O–H groups in total. The Labute approximate surface area is 109 Å². The van der Waals surface area contributed by atoms with Gasteiger partial charge < -0.3 is 0 Å². The molecule has 3 heteroatoms. The first kappa shape index (κ1) is 17.4. The molecule has 1 rings (SSSR count). The zero-order chi connectivity index (χ0) is 5.11. The van der Waals surface area contributed by atoms with Crippen LogP contribution in [0.3, 0.4) is 0 Å². The zero-order valence-electron chi connectivity index (χ0n) is 5.56. The number of aryl methyl sites for hydroxylation is 1. The normalized spacial score (nSPS) is 6.10. The molecule has 0 fully saturated rings. The number of hydrogen-bond acceptors (Lipinski definition) is 0. The van der Waals surface area contributed by atoms with Crippen LogP contribution in [0.5, 0.6) is 0 Å². The molecule has 0 aliphatic carbocycles. The van der Waals surface area contributed by atoms with Gasteiger partial charge in [0.05, 0.1) is 0 Å². The summed E-state index contributed by atoms with van der Waals surface area (Å²) in [5.74, 6) is 0. The summed E-state index contributed by atoms with van der Waals surface area (Å²) in [5, 5.41) is 0. The maximum absolute atomic E-state index is 2.08. The summed E-state index contributed by atoms with van der Waals surface area (Å²) in [6.07, 6.45) is 0. The Morgan fingerprint density at radius 1 is 0.900 bits per heavy atom. The van der Waals surface area contributed by atoms with Crippen molar-refractivity contribution in [2.75, 3.05) is 0 Å². The molecule has 1 aromatic carbocycles. The van der Waals surface area contributed by atoms with Gasteiger partial charge in [0.1, 0.15) is 0 Å². The van der Waals surface area contributed by atoms with E-state index in [1.54, 1.807) is 0 Å².